The van der Waals surface area contributed by atoms with Gasteiger partial charge in [-0.1, -0.05) is 6.08 Å². The first kappa shape index (κ1) is 19.2. The predicted molar refractivity (Wildman–Crippen MR) is 82.0 cm³/mol. The van der Waals surface area contributed by atoms with E-state index in [0.717, 1.165) is 6.26 Å². The molecule has 0 aromatic carbocycles. The van der Waals surface area contributed by atoms with Crippen molar-refractivity contribution in [1.82, 2.24) is 0 Å². The van der Waals surface area contributed by atoms with Gasteiger partial charge in [0.1, 0.15) is 35.6 Å². The zero-order valence-electron chi connectivity index (χ0n) is 13.8. The first-order chi connectivity index (χ1) is 12.3. The van der Waals surface area contributed by atoms with Crippen LogP contribution in [0.15, 0.2) is 24.5 Å². The van der Waals surface area contributed by atoms with Crippen LogP contribution in [0.5, 0.6) is 0 Å². The average Bonchev–Trinajstić information content (AvgIpc) is 2.61. The number of hydrogen-bond donors (Lipinski definition) is 5. The van der Waals surface area contributed by atoms with Crippen LogP contribution in [0.4, 0.5) is 0 Å². The number of fused-ring (bicyclic) bond motifs is 1. The van der Waals surface area contributed by atoms with Crippen LogP contribution in [0.3, 0.4) is 0 Å². The summed E-state index contributed by atoms with van der Waals surface area (Å²) >= 11 is 0. The van der Waals surface area contributed by atoms with Crippen molar-refractivity contribution in [2.75, 3.05) is 13.2 Å². The van der Waals surface area contributed by atoms with Crippen molar-refractivity contribution in [3.63, 3.8) is 0 Å². The van der Waals surface area contributed by atoms with Crippen molar-refractivity contribution in [2.45, 2.75) is 49.0 Å². The van der Waals surface area contributed by atoms with Crippen LogP contribution in [0.25, 0.3) is 0 Å². The highest BCUT2D eigenvalue weighted by atomic mass is 16.8. The lowest BCUT2D eigenvalue weighted by molar-refractivity contribution is -0.344. The molecule has 146 valence electrons. The lowest BCUT2D eigenvalue weighted by atomic mass is 9.76. The fourth-order valence-corrected chi connectivity index (χ4v) is 3.36. The Hall–Kier alpha value is -1.53. The van der Waals surface area contributed by atoms with Gasteiger partial charge in [-0.2, -0.15) is 0 Å². The minimum absolute atomic E-state index is 0.00375. The second kappa shape index (κ2) is 7.24. The number of rotatable bonds is 4. The molecule has 5 N–H and O–H groups in total. The Morgan fingerprint density at radius 2 is 2.00 bits per heavy atom. The topological polar surface area (TPSA) is 155 Å². The minimum Gasteiger partial charge on any atom is -0.471 e. The normalized spacial score (nSPS) is 45.8. The molecular weight excluding hydrogens is 352 g/mol. The number of aliphatic hydroxyl groups excluding tert-OH is 4. The van der Waals surface area contributed by atoms with E-state index in [1.807, 2.05) is 0 Å². The standard InChI is InChI=1S/C16H22O10/c1-2-7-14(24-6-8-13(21)23-4-3-16(7,8)22)26-15-12(20)11(19)10(18)9(5-17)25-15/h2,6-7,9-12,14-15,17-20,22H,1,3-5H2/t7-,9-,10+,11+,12-,14?,15+,16?/m1/s1. The molecule has 0 aliphatic carbocycles. The van der Waals surface area contributed by atoms with Crippen molar-refractivity contribution >= 4 is 5.97 Å². The maximum absolute atomic E-state index is 11.8. The number of ether oxygens (including phenoxy) is 4. The van der Waals surface area contributed by atoms with Gasteiger partial charge in [0.15, 0.2) is 6.29 Å². The molecule has 0 radical (unpaired) electrons. The fraction of sp³-hybridized carbons (Fsp3) is 0.688. The number of hydrogen-bond acceptors (Lipinski definition) is 10. The Balaban J connectivity index is 1.81. The third-order valence-corrected chi connectivity index (χ3v) is 4.94. The number of carbonyl (C=O) groups excluding carboxylic acids is 1. The van der Waals surface area contributed by atoms with Gasteiger partial charge in [0.25, 0.3) is 0 Å². The van der Waals surface area contributed by atoms with Crippen LogP contribution in [-0.2, 0) is 23.7 Å². The molecule has 2 unspecified atom stereocenters. The Bertz CT molecular complexity index is 590. The molecule has 3 rings (SSSR count). The van der Waals surface area contributed by atoms with Gasteiger partial charge in [-0.3, -0.25) is 0 Å². The second-order valence-corrected chi connectivity index (χ2v) is 6.44. The quantitative estimate of drug-likeness (QED) is 0.264. The summed E-state index contributed by atoms with van der Waals surface area (Å²) in [4.78, 5) is 11.8. The van der Waals surface area contributed by atoms with E-state index in [0.29, 0.717) is 0 Å². The van der Waals surface area contributed by atoms with Gasteiger partial charge in [0.05, 0.1) is 25.4 Å². The van der Waals surface area contributed by atoms with Crippen LogP contribution >= 0.6 is 0 Å². The van der Waals surface area contributed by atoms with E-state index in [-0.39, 0.29) is 18.6 Å². The number of cyclic esters (lactones) is 1. The molecule has 10 nitrogen and oxygen atoms in total. The van der Waals surface area contributed by atoms with Crippen LogP contribution in [-0.4, -0.2) is 87.3 Å². The SMILES string of the molecule is C=C[C@@H]1C(O[C@@H]2O[C@H](CO)[C@H](O)[C@H](O)[C@H]2O)OC=C2C(=O)OCCC21O. The van der Waals surface area contributed by atoms with Crippen LogP contribution in [0.2, 0.25) is 0 Å². The average molecular weight is 374 g/mol. The van der Waals surface area contributed by atoms with Crippen LogP contribution < -0.4 is 0 Å². The molecule has 2 saturated heterocycles. The van der Waals surface area contributed by atoms with Crippen molar-refractivity contribution in [3.05, 3.63) is 24.5 Å². The number of carbonyl (C=O) groups is 1. The second-order valence-electron chi connectivity index (χ2n) is 6.44. The van der Waals surface area contributed by atoms with Gasteiger partial charge >= 0.3 is 5.97 Å². The van der Waals surface area contributed by atoms with Gasteiger partial charge in [-0.05, 0) is 0 Å². The zero-order chi connectivity index (χ0) is 19.1. The summed E-state index contributed by atoms with van der Waals surface area (Å²) in [5, 5.41) is 49.9. The Labute approximate surface area is 148 Å². The highest BCUT2D eigenvalue weighted by Gasteiger charge is 2.54. The lowest BCUT2D eigenvalue weighted by Crippen LogP contribution is -2.61. The first-order valence-corrected chi connectivity index (χ1v) is 8.17. The highest BCUT2D eigenvalue weighted by molar-refractivity contribution is 5.91. The molecule has 0 saturated carbocycles. The summed E-state index contributed by atoms with van der Waals surface area (Å²) in [5.74, 6) is -1.61. The molecule has 0 spiro atoms. The molecule has 26 heavy (non-hydrogen) atoms. The molecule has 3 aliphatic rings. The number of esters is 1. The third kappa shape index (κ3) is 3.03. The zero-order valence-corrected chi connectivity index (χ0v) is 13.8. The van der Waals surface area contributed by atoms with E-state index < -0.39 is 61.1 Å². The van der Waals surface area contributed by atoms with E-state index in [9.17, 15) is 30.3 Å². The Morgan fingerprint density at radius 1 is 1.27 bits per heavy atom. The maximum atomic E-state index is 11.8. The molecule has 2 fully saturated rings. The van der Waals surface area contributed by atoms with Gasteiger partial charge in [0, 0.05) is 6.42 Å². The molecule has 0 aromatic heterocycles. The lowest BCUT2D eigenvalue weighted by Gasteiger charge is -2.46. The summed E-state index contributed by atoms with van der Waals surface area (Å²) < 4.78 is 21.1. The summed E-state index contributed by atoms with van der Waals surface area (Å²) in [5.41, 5.74) is -1.70. The van der Waals surface area contributed by atoms with Crippen molar-refractivity contribution < 1.29 is 49.3 Å². The molecule has 0 bridgehead atoms. The largest absolute Gasteiger partial charge is 0.471 e. The van der Waals surface area contributed by atoms with E-state index in [4.69, 9.17) is 18.9 Å². The van der Waals surface area contributed by atoms with E-state index in [1.165, 1.54) is 6.08 Å². The summed E-state index contributed by atoms with van der Waals surface area (Å²) in [6.45, 7) is 3.03. The Kier molecular flexibility index (Phi) is 5.35. The summed E-state index contributed by atoms with van der Waals surface area (Å²) in [7, 11) is 0. The van der Waals surface area contributed by atoms with Crippen molar-refractivity contribution in [1.29, 1.82) is 0 Å². The first-order valence-electron chi connectivity index (χ1n) is 8.17. The smallest absolute Gasteiger partial charge is 0.340 e. The molecule has 8 atom stereocenters. The fourth-order valence-electron chi connectivity index (χ4n) is 3.36. The van der Waals surface area contributed by atoms with Crippen molar-refractivity contribution in [2.24, 2.45) is 5.92 Å². The monoisotopic (exact) mass is 374 g/mol. The van der Waals surface area contributed by atoms with Gasteiger partial charge in [-0.25, -0.2) is 4.79 Å². The highest BCUT2D eigenvalue weighted by Crippen LogP contribution is 2.42. The van der Waals surface area contributed by atoms with Gasteiger partial charge in [0.2, 0.25) is 6.29 Å². The maximum Gasteiger partial charge on any atom is 0.340 e. The van der Waals surface area contributed by atoms with Crippen LogP contribution in [0.1, 0.15) is 6.42 Å². The van der Waals surface area contributed by atoms with E-state index in [1.54, 1.807) is 0 Å². The third-order valence-electron chi connectivity index (χ3n) is 4.94. The molecular formula is C16H22O10. The van der Waals surface area contributed by atoms with E-state index in [2.05, 4.69) is 6.58 Å². The molecule has 3 heterocycles. The van der Waals surface area contributed by atoms with Gasteiger partial charge < -0.3 is 44.5 Å². The van der Waals surface area contributed by atoms with Crippen LogP contribution in [0, 0.1) is 5.92 Å². The molecule has 10 heteroatoms. The van der Waals surface area contributed by atoms with Gasteiger partial charge in [-0.15, -0.1) is 6.58 Å². The number of aliphatic hydroxyl groups is 5. The molecule has 0 amide bonds. The predicted octanol–water partition coefficient (Wildman–Crippen LogP) is -2.48. The summed E-state index contributed by atoms with van der Waals surface area (Å²) in [6, 6.07) is 0. The minimum atomic E-state index is -1.63. The summed E-state index contributed by atoms with van der Waals surface area (Å²) in [6.07, 6.45) is -6.10. The molecule has 3 aliphatic heterocycles. The van der Waals surface area contributed by atoms with Crippen molar-refractivity contribution in [3.8, 4) is 0 Å². The Morgan fingerprint density at radius 3 is 2.65 bits per heavy atom. The molecule has 0 aromatic rings. The van der Waals surface area contributed by atoms with E-state index >= 15 is 0 Å².